The maximum Gasteiger partial charge on any atom is 0.225 e. The van der Waals surface area contributed by atoms with Gasteiger partial charge in [0.05, 0.1) is 0 Å². The number of halogens is 1. The van der Waals surface area contributed by atoms with Crippen LogP contribution in [-0.4, -0.2) is 53.5 Å². The van der Waals surface area contributed by atoms with E-state index in [0.29, 0.717) is 18.0 Å². The van der Waals surface area contributed by atoms with Crippen molar-refractivity contribution < 1.29 is 4.79 Å². The van der Waals surface area contributed by atoms with Gasteiger partial charge in [0.1, 0.15) is 0 Å². The van der Waals surface area contributed by atoms with E-state index in [1.165, 1.54) is 0 Å². The molecule has 6 nitrogen and oxygen atoms in total. The van der Waals surface area contributed by atoms with Gasteiger partial charge in [0.25, 0.3) is 0 Å². The summed E-state index contributed by atoms with van der Waals surface area (Å²) in [6.07, 6.45) is 5.09. The quantitative estimate of drug-likeness (QED) is 0.842. The Kier molecular flexibility index (Phi) is 6.80. The molecule has 1 aromatic heterocycles. The van der Waals surface area contributed by atoms with Crippen molar-refractivity contribution in [2.24, 2.45) is 0 Å². The summed E-state index contributed by atoms with van der Waals surface area (Å²) in [5.41, 5.74) is 1.01. The third kappa shape index (κ3) is 5.68. The number of carbonyl (C=O) groups excluding carboxylic acids is 1. The van der Waals surface area contributed by atoms with Gasteiger partial charge in [0.15, 0.2) is 0 Å². The van der Waals surface area contributed by atoms with Crippen molar-refractivity contribution in [3.63, 3.8) is 0 Å². The lowest BCUT2D eigenvalue weighted by Gasteiger charge is -2.21. The van der Waals surface area contributed by atoms with Crippen LogP contribution >= 0.6 is 11.6 Å². The Bertz CT molecular complexity index is 712. The van der Waals surface area contributed by atoms with Crippen LogP contribution < -0.4 is 10.2 Å². The van der Waals surface area contributed by atoms with Crippen molar-refractivity contribution in [3.05, 3.63) is 53.3 Å². The van der Waals surface area contributed by atoms with Crippen LogP contribution in [0.4, 0.5) is 5.95 Å². The highest BCUT2D eigenvalue weighted by Crippen LogP contribution is 2.11. The SMILES string of the molecule is O=C(CCN1CCCN(c2ncccn2)CC1)NCc1cccc(Cl)c1. The van der Waals surface area contributed by atoms with Crippen LogP contribution in [0.3, 0.4) is 0 Å². The number of hydrogen-bond donors (Lipinski definition) is 1. The number of rotatable bonds is 6. The summed E-state index contributed by atoms with van der Waals surface area (Å²) in [7, 11) is 0. The fourth-order valence-corrected chi connectivity index (χ4v) is 3.26. The zero-order chi connectivity index (χ0) is 18.2. The Morgan fingerprint density at radius 3 is 2.77 bits per heavy atom. The predicted octanol–water partition coefficient (Wildman–Crippen LogP) is 2.35. The standard InChI is InChI=1S/C19H24ClN5O/c20-17-5-1-4-16(14-17)15-23-18(26)6-11-24-9-3-10-25(13-12-24)19-21-7-2-8-22-19/h1-2,4-5,7-8,14H,3,6,9-13,15H2,(H,23,26). The summed E-state index contributed by atoms with van der Waals surface area (Å²) in [5.74, 6) is 0.853. The first-order valence-electron chi connectivity index (χ1n) is 8.96. The largest absolute Gasteiger partial charge is 0.352 e. The lowest BCUT2D eigenvalue weighted by Crippen LogP contribution is -2.34. The van der Waals surface area contributed by atoms with Crippen molar-refractivity contribution in [1.82, 2.24) is 20.2 Å². The Labute approximate surface area is 159 Å². The van der Waals surface area contributed by atoms with Crippen LogP contribution in [-0.2, 0) is 11.3 Å². The van der Waals surface area contributed by atoms with E-state index in [4.69, 9.17) is 11.6 Å². The molecular weight excluding hydrogens is 350 g/mol. The van der Waals surface area contributed by atoms with Gasteiger partial charge in [-0.3, -0.25) is 4.79 Å². The number of benzene rings is 1. The average Bonchev–Trinajstić information content (AvgIpc) is 2.91. The van der Waals surface area contributed by atoms with Crippen molar-refractivity contribution in [2.45, 2.75) is 19.4 Å². The monoisotopic (exact) mass is 373 g/mol. The average molecular weight is 374 g/mol. The second-order valence-corrected chi connectivity index (χ2v) is 6.82. The zero-order valence-electron chi connectivity index (χ0n) is 14.8. The van der Waals surface area contributed by atoms with Crippen LogP contribution in [0.5, 0.6) is 0 Å². The van der Waals surface area contributed by atoms with Crippen molar-refractivity contribution >= 4 is 23.5 Å². The van der Waals surface area contributed by atoms with Gasteiger partial charge < -0.3 is 15.1 Å². The molecule has 1 aliphatic rings. The van der Waals surface area contributed by atoms with Gasteiger partial charge in [-0.25, -0.2) is 9.97 Å². The first-order valence-corrected chi connectivity index (χ1v) is 9.34. The first kappa shape index (κ1) is 18.6. The fraction of sp³-hybridized carbons (Fsp3) is 0.421. The normalized spacial score (nSPS) is 15.5. The van der Waals surface area contributed by atoms with Gasteiger partial charge in [-0.15, -0.1) is 0 Å². The number of nitrogens with zero attached hydrogens (tertiary/aromatic N) is 4. The van der Waals surface area contributed by atoms with Crippen molar-refractivity contribution in [3.8, 4) is 0 Å². The van der Waals surface area contributed by atoms with Crippen molar-refractivity contribution in [2.75, 3.05) is 37.6 Å². The molecule has 0 radical (unpaired) electrons. The summed E-state index contributed by atoms with van der Waals surface area (Å²) in [4.78, 5) is 25.3. The van der Waals surface area contributed by atoms with E-state index in [2.05, 4.69) is 25.1 Å². The van der Waals surface area contributed by atoms with Crippen LogP contribution in [0.15, 0.2) is 42.7 Å². The minimum absolute atomic E-state index is 0.0671. The molecule has 0 atom stereocenters. The van der Waals surface area contributed by atoms with Gasteiger partial charge in [-0.2, -0.15) is 0 Å². The molecule has 26 heavy (non-hydrogen) atoms. The van der Waals surface area contributed by atoms with Crippen LogP contribution in [0.25, 0.3) is 0 Å². The summed E-state index contributed by atoms with van der Waals surface area (Å²) in [5, 5.41) is 3.65. The lowest BCUT2D eigenvalue weighted by atomic mass is 10.2. The van der Waals surface area contributed by atoms with Gasteiger partial charge >= 0.3 is 0 Å². The summed E-state index contributed by atoms with van der Waals surface area (Å²) < 4.78 is 0. The number of anilines is 1. The maximum atomic E-state index is 12.1. The molecule has 2 heterocycles. The van der Waals surface area contributed by atoms with Crippen LogP contribution in [0.1, 0.15) is 18.4 Å². The highest BCUT2D eigenvalue weighted by molar-refractivity contribution is 6.30. The molecule has 1 saturated heterocycles. The van der Waals surface area contributed by atoms with E-state index < -0.39 is 0 Å². The molecule has 0 spiro atoms. The van der Waals surface area contributed by atoms with Gasteiger partial charge in [-0.1, -0.05) is 23.7 Å². The molecule has 7 heteroatoms. The molecule has 0 aliphatic carbocycles. The molecule has 1 aromatic carbocycles. The Morgan fingerprint density at radius 2 is 1.96 bits per heavy atom. The molecule has 0 saturated carbocycles. The molecule has 1 fully saturated rings. The van der Waals surface area contributed by atoms with Crippen LogP contribution in [0, 0.1) is 0 Å². The maximum absolute atomic E-state index is 12.1. The molecule has 138 valence electrons. The molecule has 1 amide bonds. The number of nitrogens with one attached hydrogen (secondary N) is 1. The van der Waals surface area contributed by atoms with E-state index in [0.717, 1.165) is 50.7 Å². The van der Waals surface area contributed by atoms with E-state index in [1.807, 2.05) is 30.3 Å². The highest BCUT2D eigenvalue weighted by atomic mass is 35.5. The third-order valence-corrected chi connectivity index (χ3v) is 4.69. The van der Waals surface area contributed by atoms with E-state index in [-0.39, 0.29) is 5.91 Å². The molecule has 3 rings (SSSR count). The van der Waals surface area contributed by atoms with E-state index >= 15 is 0 Å². The van der Waals surface area contributed by atoms with Crippen molar-refractivity contribution in [1.29, 1.82) is 0 Å². The summed E-state index contributed by atoms with van der Waals surface area (Å²) in [6.45, 7) is 5.02. The number of carbonyl (C=O) groups is 1. The number of aromatic nitrogens is 2. The van der Waals surface area contributed by atoms with E-state index in [1.54, 1.807) is 12.4 Å². The second kappa shape index (κ2) is 9.50. The zero-order valence-corrected chi connectivity index (χ0v) is 15.5. The molecule has 1 N–H and O–H groups in total. The summed E-state index contributed by atoms with van der Waals surface area (Å²) in [6, 6.07) is 9.38. The minimum Gasteiger partial charge on any atom is -0.352 e. The van der Waals surface area contributed by atoms with Gasteiger partial charge in [0, 0.05) is 56.6 Å². The fourth-order valence-electron chi connectivity index (χ4n) is 3.04. The lowest BCUT2D eigenvalue weighted by molar-refractivity contribution is -0.121. The van der Waals surface area contributed by atoms with Gasteiger partial charge in [-0.05, 0) is 36.7 Å². The minimum atomic E-state index is 0.0671. The molecule has 0 bridgehead atoms. The molecule has 0 unspecified atom stereocenters. The summed E-state index contributed by atoms with van der Waals surface area (Å²) >= 11 is 5.96. The smallest absolute Gasteiger partial charge is 0.225 e. The Balaban J connectivity index is 1.40. The molecular formula is C19H24ClN5O. The number of hydrogen-bond acceptors (Lipinski definition) is 5. The Morgan fingerprint density at radius 1 is 1.12 bits per heavy atom. The second-order valence-electron chi connectivity index (χ2n) is 6.39. The van der Waals surface area contributed by atoms with Gasteiger partial charge in [0.2, 0.25) is 11.9 Å². The third-order valence-electron chi connectivity index (χ3n) is 4.46. The number of amides is 1. The topological polar surface area (TPSA) is 61.4 Å². The molecule has 2 aromatic rings. The first-order chi connectivity index (χ1) is 12.7. The van der Waals surface area contributed by atoms with Crippen LogP contribution in [0.2, 0.25) is 5.02 Å². The Hall–Kier alpha value is -2.18. The van der Waals surface area contributed by atoms with E-state index in [9.17, 15) is 4.79 Å². The molecule has 1 aliphatic heterocycles. The highest BCUT2D eigenvalue weighted by Gasteiger charge is 2.17. The predicted molar refractivity (Wildman–Crippen MR) is 103 cm³/mol.